The number of carbonyl (C=O) groups is 1. The topological polar surface area (TPSA) is 46.6 Å². The van der Waals surface area contributed by atoms with Crippen LogP contribution in [-0.4, -0.2) is 52.8 Å². The summed E-state index contributed by atoms with van der Waals surface area (Å²) in [6.45, 7) is 3.76. The second-order valence-electron chi connectivity index (χ2n) is 3.96. The van der Waals surface area contributed by atoms with Crippen molar-refractivity contribution in [2.45, 2.75) is 31.1 Å². The molecule has 1 rings (SSSR count). The van der Waals surface area contributed by atoms with Crippen molar-refractivity contribution in [1.29, 1.82) is 0 Å². The van der Waals surface area contributed by atoms with Crippen LogP contribution in [0.3, 0.4) is 0 Å². The van der Waals surface area contributed by atoms with E-state index in [9.17, 15) is 9.00 Å². The number of nitrogens with zero attached hydrogens (tertiary/aromatic N) is 1. The van der Waals surface area contributed by atoms with Crippen LogP contribution >= 0.6 is 0 Å². The lowest BCUT2D eigenvalue weighted by Crippen LogP contribution is -2.53. The second kappa shape index (κ2) is 5.61. The molecule has 0 amide bonds. The Morgan fingerprint density at radius 1 is 1.67 bits per heavy atom. The zero-order valence-corrected chi connectivity index (χ0v) is 10.4. The van der Waals surface area contributed by atoms with Crippen molar-refractivity contribution >= 4 is 16.8 Å². The molecular formula is C10H19NO3S. The Kier molecular flexibility index (Phi) is 4.73. The highest BCUT2D eigenvalue weighted by molar-refractivity contribution is 7.84. The van der Waals surface area contributed by atoms with E-state index >= 15 is 0 Å². The molecule has 1 saturated heterocycles. The number of hydrogen-bond donors (Lipinski definition) is 0. The number of carbonyl (C=O) groups excluding carboxylic acids is 1. The second-order valence-corrected chi connectivity index (χ2v) is 5.76. The highest BCUT2D eigenvalue weighted by Crippen LogP contribution is 2.19. The van der Waals surface area contributed by atoms with Crippen molar-refractivity contribution in [3.05, 3.63) is 0 Å². The van der Waals surface area contributed by atoms with Gasteiger partial charge < -0.3 is 4.74 Å². The Labute approximate surface area is 93.4 Å². The summed E-state index contributed by atoms with van der Waals surface area (Å²) in [6, 6.07) is -0.0625. The quantitative estimate of drug-likeness (QED) is 0.645. The predicted molar refractivity (Wildman–Crippen MR) is 60.1 cm³/mol. The van der Waals surface area contributed by atoms with Gasteiger partial charge in [0.15, 0.2) is 0 Å². The summed E-state index contributed by atoms with van der Waals surface area (Å²) in [7, 11) is 0.648. The molecule has 3 unspecified atom stereocenters. The van der Waals surface area contributed by atoms with E-state index in [1.807, 2.05) is 6.92 Å². The monoisotopic (exact) mass is 233 g/mol. The average Bonchev–Trinajstić information content (AvgIpc) is 2.15. The van der Waals surface area contributed by atoms with Crippen molar-refractivity contribution in [2.75, 3.05) is 26.5 Å². The Hall–Kier alpha value is -0.420. The maximum absolute atomic E-state index is 11.3. The van der Waals surface area contributed by atoms with E-state index in [0.29, 0.717) is 0 Å². The van der Waals surface area contributed by atoms with Crippen LogP contribution in [0.1, 0.15) is 19.8 Å². The molecule has 0 aromatic rings. The molecule has 15 heavy (non-hydrogen) atoms. The third-order valence-corrected chi connectivity index (χ3v) is 4.36. The minimum absolute atomic E-state index is 0.0625. The smallest absolute Gasteiger partial charge is 0.323 e. The van der Waals surface area contributed by atoms with E-state index in [-0.39, 0.29) is 17.3 Å². The predicted octanol–water partition coefficient (Wildman–Crippen LogP) is 0.391. The molecule has 1 aliphatic rings. The molecule has 0 radical (unpaired) electrons. The molecule has 4 nitrogen and oxygen atoms in total. The largest absolute Gasteiger partial charge is 0.468 e. The lowest BCUT2D eigenvalue weighted by molar-refractivity contribution is -0.151. The Morgan fingerprint density at radius 3 is 2.73 bits per heavy atom. The summed E-state index contributed by atoms with van der Waals surface area (Å²) in [5.74, 6) is -0.147. The SMILES string of the molecule is COC(=O)C1CCN1CCC(C)S(C)=O. The summed E-state index contributed by atoms with van der Waals surface area (Å²) in [5, 5.41) is 0.198. The summed E-state index contributed by atoms with van der Waals surface area (Å²) in [6.07, 6.45) is 3.48. The summed E-state index contributed by atoms with van der Waals surface area (Å²) >= 11 is 0. The first-order valence-corrected chi connectivity index (χ1v) is 6.82. The number of rotatable bonds is 5. The van der Waals surface area contributed by atoms with Crippen molar-refractivity contribution in [2.24, 2.45) is 0 Å². The van der Waals surface area contributed by atoms with E-state index in [1.54, 1.807) is 6.26 Å². The summed E-state index contributed by atoms with van der Waals surface area (Å²) < 4.78 is 15.8. The van der Waals surface area contributed by atoms with E-state index in [2.05, 4.69) is 4.90 Å². The first-order valence-electron chi connectivity index (χ1n) is 5.20. The van der Waals surface area contributed by atoms with Gasteiger partial charge in [0.25, 0.3) is 0 Å². The maximum Gasteiger partial charge on any atom is 0.323 e. The van der Waals surface area contributed by atoms with Gasteiger partial charge in [-0.2, -0.15) is 0 Å². The fraction of sp³-hybridized carbons (Fsp3) is 0.900. The van der Waals surface area contributed by atoms with Crippen LogP contribution in [0.15, 0.2) is 0 Å². The van der Waals surface area contributed by atoms with Gasteiger partial charge >= 0.3 is 5.97 Å². The fourth-order valence-corrected chi connectivity index (χ4v) is 2.06. The van der Waals surface area contributed by atoms with Gasteiger partial charge in [0.1, 0.15) is 6.04 Å². The van der Waals surface area contributed by atoms with Gasteiger partial charge in [-0.25, -0.2) is 0 Å². The highest BCUT2D eigenvalue weighted by Gasteiger charge is 2.34. The van der Waals surface area contributed by atoms with Crippen molar-refractivity contribution < 1.29 is 13.7 Å². The van der Waals surface area contributed by atoms with E-state index in [4.69, 9.17) is 4.74 Å². The van der Waals surface area contributed by atoms with Crippen LogP contribution in [-0.2, 0) is 20.3 Å². The highest BCUT2D eigenvalue weighted by atomic mass is 32.2. The van der Waals surface area contributed by atoms with Crippen LogP contribution in [0.5, 0.6) is 0 Å². The normalized spacial score (nSPS) is 25.4. The van der Waals surface area contributed by atoms with Gasteiger partial charge in [-0.1, -0.05) is 6.92 Å². The number of esters is 1. The molecule has 0 N–H and O–H groups in total. The minimum atomic E-state index is -0.771. The zero-order valence-electron chi connectivity index (χ0n) is 9.56. The molecule has 0 aliphatic carbocycles. The molecule has 0 aromatic carbocycles. The molecule has 3 atom stereocenters. The van der Waals surface area contributed by atoms with Crippen LogP contribution in [0.2, 0.25) is 0 Å². The molecule has 1 heterocycles. The van der Waals surface area contributed by atoms with E-state index in [0.717, 1.165) is 25.9 Å². The van der Waals surface area contributed by atoms with Gasteiger partial charge in [-0.15, -0.1) is 0 Å². The number of likely N-dealkylation sites (tertiary alicyclic amines) is 1. The third-order valence-electron chi connectivity index (χ3n) is 2.99. The summed E-state index contributed by atoms with van der Waals surface area (Å²) in [5.41, 5.74) is 0. The Bertz CT molecular complexity index is 257. The molecule has 0 spiro atoms. The Morgan fingerprint density at radius 2 is 2.33 bits per heavy atom. The molecule has 1 aliphatic heterocycles. The standard InChI is InChI=1S/C10H19NO3S/c1-8(15(3)13)4-6-11-7-5-9(11)10(12)14-2/h8-9H,4-7H2,1-3H3. The van der Waals surface area contributed by atoms with Gasteiger partial charge in [0.2, 0.25) is 0 Å². The molecular weight excluding hydrogens is 214 g/mol. The van der Waals surface area contributed by atoms with Crippen molar-refractivity contribution in [1.82, 2.24) is 4.90 Å². The van der Waals surface area contributed by atoms with Crippen LogP contribution < -0.4 is 0 Å². The van der Waals surface area contributed by atoms with Crippen LogP contribution in [0.25, 0.3) is 0 Å². The van der Waals surface area contributed by atoms with Gasteiger partial charge in [-0.3, -0.25) is 13.9 Å². The van der Waals surface area contributed by atoms with Gasteiger partial charge in [0.05, 0.1) is 7.11 Å². The first kappa shape index (κ1) is 12.6. The summed E-state index contributed by atoms with van der Waals surface area (Å²) in [4.78, 5) is 13.4. The molecule has 0 aromatic heterocycles. The van der Waals surface area contributed by atoms with Gasteiger partial charge in [0, 0.05) is 35.4 Å². The minimum Gasteiger partial charge on any atom is -0.468 e. The number of ether oxygens (including phenoxy) is 1. The molecule has 5 heteroatoms. The van der Waals surface area contributed by atoms with Gasteiger partial charge in [-0.05, 0) is 12.8 Å². The molecule has 88 valence electrons. The van der Waals surface area contributed by atoms with Crippen molar-refractivity contribution in [3.63, 3.8) is 0 Å². The Balaban J connectivity index is 2.28. The third kappa shape index (κ3) is 3.28. The maximum atomic E-state index is 11.3. The first-order chi connectivity index (χ1) is 7.06. The lowest BCUT2D eigenvalue weighted by atomic mass is 10.0. The van der Waals surface area contributed by atoms with E-state index < -0.39 is 10.8 Å². The van der Waals surface area contributed by atoms with E-state index in [1.165, 1.54) is 7.11 Å². The lowest BCUT2D eigenvalue weighted by Gasteiger charge is -2.39. The van der Waals surface area contributed by atoms with Crippen LogP contribution in [0.4, 0.5) is 0 Å². The average molecular weight is 233 g/mol. The molecule has 0 saturated carbocycles. The molecule has 0 bridgehead atoms. The number of hydrogen-bond acceptors (Lipinski definition) is 4. The molecule has 1 fully saturated rings. The fourth-order valence-electron chi connectivity index (χ4n) is 1.62. The van der Waals surface area contributed by atoms with Crippen molar-refractivity contribution in [3.8, 4) is 0 Å². The van der Waals surface area contributed by atoms with Crippen LogP contribution in [0, 0.1) is 0 Å². The number of methoxy groups -OCH3 is 1. The zero-order chi connectivity index (χ0) is 11.4.